The van der Waals surface area contributed by atoms with Crippen LogP contribution in [0.3, 0.4) is 0 Å². The average Bonchev–Trinajstić information content (AvgIpc) is 2.49. The van der Waals surface area contributed by atoms with Gasteiger partial charge in [0, 0.05) is 5.54 Å². The summed E-state index contributed by atoms with van der Waals surface area (Å²) in [4.78, 5) is 11.1. The van der Waals surface area contributed by atoms with Crippen molar-refractivity contribution < 1.29 is 9.90 Å². The number of carboxylic acids is 1. The highest BCUT2D eigenvalue weighted by molar-refractivity contribution is 5.72. The first-order valence-electron chi connectivity index (χ1n) is 5.28. The zero-order valence-corrected chi connectivity index (χ0v) is 9.08. The van der Waals surface area contributed by atoms with Crippen LogP contribution in [0.1, 0.15) is 33.6 Å². The van der Waals surface area contributed by atoms with Gasteiger partial charge in [0.2, 0.25) is 0 Å². The van der Waals surface area contributed by atoms with Crippen LogP contribution in [0.5, 0.6) is 0 Å². The Morgan fingerprint density at radius 1 is 1.36 bits per heavy atom. The fourth-order valence-corrected chi connectivity index (χ4v) is 3.25. The normalized spacial score (nSPS) is 49.6. The smallest absolute Gasteiger partial charge is 0.308 e. The molecule has 14 heavy (non-hydrogen) atoms. The SMILES string of the molecule is CC1(C)C2C[C@@H](C(=O)O)[C@@](C)(N)C[C@@H]21. The zero-order chi connectivity index (χ0) is 10.7. The first kappa shape index (κ1) is 9.97. The minimum Gasteiger partial charge on any atom is -0.481 e. The van der Waals surface area contributed by atoms with Crippen molar-refractivity contribution in [1.29, 1.82) is 0 Å². The lowest BCUT2D eigenvalue weighted by atomic mass is 9.75. The Morgan fingerprint density at radius 2 is 1.93 bits per heavy atom. The number of carbonyl (C=O) groups is 1. The van der Waals surface area contributed by atoms with Crippen molar-refractivity contribution >= 4 is 5.97 Å². The lowest BCUT2D eigenvalue weighted by Crippen LogP contribution is -2.50. The van der Waals surface area contributed by atoms with Gasteiger partial charge in [0.15, 0.2) is 0 Å². The Balaban J connectivity index is 2.19. The summed E-state index contributed by atoms with van der Waals surface area (Å²) in [5, 5.41) is 9.10. The Labute approximate surface area is 84.7 Å². The molecule has 2 rings (SSSR count). The van der Waals surface area contributed by atoms with E-state index in [0.29, 0.717) is 17.3 Å². The molecule has 3 nitrogen and oxygen atoms in total. The highest BCUT2D eigenvalue weighted by Gasteiger charge is 2.64. The molecule has 3 N–H and O–H groups in total. The van der Waals surface area contributed by atoms with Crippen molar-refractivity contribution in [3.8, 4) is 0 Å². The van der Waals surface area contributed by atoms with Crippen molar-refractivity contribution in [3.05, 3.63) is 0 Å². The summed E-state index contributed by atoms with van der Waals surface area (Å²) in [6, 6.07) is 0. The maximum atomic E-state index is 11.1. The molecule has 0 heterocycles. The maximum absolute atomic E-state index is 11.1. The molecule has 1 unspecified atom stereocenters. The van der Waals surface area contributed by atoms with E-state index in [1.807, 2.05) is 6.92 Å². The molecule has 2 fully saturated rings. The maximum Gasteiger partial charge on any atom is 0.308 e. The van der Waals surface area contributed by atoms with Gasteiger partial charge in [-0.2, -0.15) is 0 Å². The van der Waals surface area contributed by atoms with E-state index in [9.17, 15) is 4.79 Å². The molecule has 0 aromatic carbocycles. The molecular formula is C11H19NO2. The van der Waals surface area contributed by atoms with Gasteiger partial charge >= 0.3 is 5.97 Å². The Bertz CT molecular complexity index is 283. The van der Waals surface area contributed by atoms with Crippen LogP contribution < -0.4 is 5.73 Å². The molecule has 2 aliphatic rings. The second-order valence-electron chi connectivity index (χ2n) is 5.87. The third-order valence-corrected chi connectivity index (χ3v) is 4.53. The van der Waals surface area contributed by atoms with E-state index < -0.39 is 11.5 Å². The third-order valence-electron chi connectivity index (χ3n) is 4.53. The third kappa shape index (κ3) is 1.18. The largest absolute Gasteiger partial charge is 0.481 e. The summed E-state index contributed by atoms with van der Waals surface area (Å²) >= 11 is 0. The van der Waals surface area contributed by atoms with Gasteiger partial charge in [-0.25, -0.2) is 0 Å². The van der Waals surface area contributed by atoms with Crippen LogP contribution >= 0.6 is 0 Å². The number of aliphatic carboxylic acids is 1. The summed E-state index contributed by atoms with van der Waals surface area (Å²) in [5.74, 6) is 0.148. The molecule has 0 aromatic rings. The molecule has 0 amide bonds. The van der Waals surface area contributed by atoms with Gasteiger partial charge in [-0.1, -0.05) is 13.8 Å². The van der Waals surface area contributed by atoms with E-state index in [1.165, 1.54) is 0 Å². The topological polar surface area (TPSA) is 63.3 Å². The van der Waals surface area contributed by atoms with Crippen molar-refractivity contribution in [1.82, 2.24) is 0 Å². The first-order valence-corrected chi connectivity index (χ1v) is 5.28. The van der Waals surface area contributed by atoms with Crippen molar-refractivity contribution in [2.24, 2.45) is 28.9 Å². The van der Waals surface area contributed by atoms with Gasteiger partial charge in [-0.05, 0) is 37.0 Å². The minimum absolute atomic E-state index is 0.324. The van der Waals surface area contributed by atoms with E-state index in [4.69, 9.17) is 10.8 Å². The van der Waals surface area contributed by atoms with Gasteiger partial charge in [-0.15, -0.1) is 0 Å². The number of nitrogens with two attached hydrogens (primary N) is 1. The van der Waals surface area contributed by atoms with Crippen LogP contribution in [0, 0.1) is 23.2 Å². The first-order chi connectivity index (χ1) is 6.27. The van der Waals surface area contributed by atoms with Gasteiger partial charge in [-0.3, -0.25) is 4.79 Å². The molecule has 0 radical (unpaired) electrons. The lowest BCUT2D eigenvalue weighted by molar-refractivity contribution is -0.145. The van der Waals surface area contributed by atoms with E-state index in [1.54, 1.807) is 0 Å². The van der Waals surface area contributed by atoms with Gasteiger partial charge in [0.25, 0.3) is 0 Å². The number of hydrogen-bond donors (Lipinski definition) is 2. The van der Waals surface area contributed by atoms with Gasteiger partial charge < -0.3 is 10.8 Å². The van der Waals surface area contributed by atoms with Crippen LogP contribution in [0.15, 0.2) is 0 Å². The summed E-state index contributed by atoms with van der Waals surface area (Å²) < 4.78 is 0. The second kappa shape index (κ2) is 2.51. The molecular weight excluding hydrogens is 178 g/mol. The molecule has 4 atom stereocenters. The number of hydrogen-bond acceptors (Lipinski definition) is 2. The monoisotopic (exact) mass is 197 g/mol. The number of carboxylic acid groups (broad SMARTS) is 1. The Morgan fingerprint density at radius 3 is 2.43 bits per heavy atom. The van der Waals surface area contributed by atoms with Crippen LogP contribution in [0.25, 0.3) is 0 Å². The molecule has 80 valence electrons. The summed E-state index contributed by atoms with van der Waals surface area (Å²) in [6.45, 7) is 6.34. The Kier molecular flexibility index (Phi) is 1.79. The van der Waals surface area contributed by atoms with Crippen molar-refractivity contribution in [3.63, 3.8) is 0 Å². The summed E-state index contributed by atoms with van der Waals surface area (Å²) in [5.41, 5.74) is 5.89. The average molecular weight is 197 g/mol. The predicted molar refractivity (Wildman–Crippen MR) is 53.7 cm³/mol. The molecule has 3 heteroatoms. The highest BCUT2D eigenvalue weighted by Crippen LogP contribution is 2.67. The van der Waals surface area contributed by atoms with E-state index >= 15 is 0 Å². The van der Waals surface area contributed by atoms with Crippen LogP contribution in [-0.2, 0) is 4.79 Å². The van der Waals surface area contributed by atoms with Crippen LogP contribution in [0.4, 0.5) is 0 Å². The predicted octanol–water partition coefficient (Wildman–Crippen LogP) is 1.47. The number of fused-ring (bicyclic) bond motifs is 1. The van der Waals surface area contributed by atoms with Crippen LogP contribution in [-0.4, -0.2) is 16.6 Å². The van der Waals surface area contributed by atoms with Crippen molar-refractivity contribution in [2.75, 3.05) is 0 Å². The lowest BCUT2D eigenvalue weighted by Gasteiger charge is -2.35. The quantitative estimate of drug-likeness (QED) is 0.669. The fraction of sp³-hybridized carbons (Fsp3) is 0.909. The van der Waals surface area contributed by atoms with E-state index in [2.05, 4.69) is 13.8 Å². The van der Waals surface area contributed by atoms with Crippen molar-refractivity contribution in [2.45, 2.75) is 39.2 Å². The second-order valence-corrected chi connectivity index (χ2v) is 5.87. The zero-order valence-electron chi connectivity index (χ0n) is 9.08. The fourth-order valence-electron chi connectivity index (χ4n) is 3.25. The van der Waals surface area contributed by atoms with Crippen LogP contribution in [0.2, 0.25) is 0 Å². The van der Waals surface area contributed by atoms with Gasteiger partial charge in [0.1, 0.15) is 0 Å². The molecule has 2 saturated carbocycles. The number of rotatable bonds is 1. The molecule has 0 aromatic heterocycles. The molecule has 2 aliphatic carbocycles. The highest BCUT2D eigenvalue weighted by atomic mass is 16.4. The molecule has 0 saturated heterocycles. The Hall–Kier alpha value is -0.570. The molecule has 0 spiro atoms. The summed E-state index contributed by atoms with van der Waals surface area (Å²) in [7, 11) is 0. The summed E-state index contributed by atoms with van der Waals surface area (Å²) in [6.07, 6.45) is 1.63. The molecule has 0 bridgehead atoms. The van der Waals surface area contributed by atoms with E-state index in [-0.39, 0.29) is 5.92 Å². The molecule has 0 aliphatic heterocycles. The van der Waals surface area contributed by atoms with E-state index in [0.717, 1.165) is 12.8 Å². The minimum atomic E-state index is -0.726. The standard InChI is InChI=1S/C11H19NO2/c1-10(2)6-4-7(9(13)14)11(3,12)5-8(6)10/h6-8H,4-5,12H2,1-3H3,(H,13,14)/t6?,7-,8-,11-/m0/s1. The van der Waals surface area contributed by atoms with Gasteiger partial charge in [0.05, 0.1) is 5.92 Å².